The second-order valence-electron chi connectivity index (χ2n) is 4.38. The van der Waals surface area contributed by atoms with Gasteiger partial charge in [0.1, 0.15) is 0 Å². The van der Waals surface area contributed by atoms with Gasteiger partial charge in [-0.2, -0.15) is 0 Å². The van der Waals surface area contributed by atoms with Crippen LogP contribution in [0.5, 0.6) is 0 Å². The largest absolute Gasteiger partial charge is 0.380 e. The number of ether oxygens (including phenoxy) is 1. The molecule has 1 aliphatic heterocycles. The van der Waals surface area contributed by atoms with Gasteiger partial charge in [-0.1, -0.05) is 18.7 Å². The molecule has 0 bridgehead atoms. The average molecular weight is 269 g/mol. The molecule has 0 spiro atoms. The quantitative estimate of drug-likeness (QED) is 0.796. The first-order valence-electron chi connectivity index (χ1n) is 6.25. The van der Waals surface area contributed by atoms with E-state index in [4.69, 9.17) is 4.74 Å². The minimum Gasteiger partial charge on any atom is -0.380 e. The standard InChI is InChI=1S/C12H19N3O2S/c1-3-13-9-4-5-17-7-10(9)18-12-14-8(2)6-11(16)15-12/h6,9-10,13H,3-5,7H2,1-2H3,(H,14,15,16). The molecule has 0 amide bonds. The molecule has 2 N–H and O–H groups in total. The number of rotatable bonds is 4. The van der Waals surface area contributed by atoms with E-state index in [9.17, 15) is 4.79 Å². The second kappa shape index (κ2) is 6.36. The molecule has 6 heteroatoms. The second-order valence-corrected chi connectivity index (χ2v) is 5.60. The molecule has 2 heterocycles. The highest BCUT2D eigenvalue weighted by atomic mass is 32.2. The third kappa shape index (κ3) is 3.57. The van der Waals surface area contributed by atoms with Crippen molar-refractivity contribution >= 4 is 11.8 Å². The minimum absolute atomic E-state index is 0.0956. The van der Waals surface area contributed by atoms with E-state index in [1.54, 1.807) is 11.8 Å². The third-order valence-electron chi connectivity index (χ3n) is 2.88. The first-order valence-corrected chi connectivity index (χ1v) is 7.12. The number of hydrogen-bond donors (Lipinski definition) is 2. The summed E-state index contributed by atoms with van der Waals surface area (Å²) in [5, 5.41) is 4.44. The van der Waals surface area contributed by atoms with E-state index in [0.29, 0.717) is 23.1 Å². The molecular weight excluding hydrogens is 250 g/mol. The predicted molar refractivity (Wildman–Crippen MR) is 72.1 cm³/mol. The van der Waals surface area contributed by atoms with Gasteiger partial charge in [0.15, 0.2) is 5.16 Å². The summed E-state index contributed by atoms with van der Waals surface area (Å²) in [7, 11) is 0. The molecule has 18 heavy (non-hydrogen) atoms. The molecule has 0 aromatic carbocycles. The van der Waals surface area contributed by atoms with Gasteiger partial charge in [0.25, 0.3) is 5.56 Å². The molecule has 2 atom stereocenters. The molecule has 0 saturated carbocycles. The molecule has 1 aromatic rings. The third-order valence-corrected chi connectivity index (χ3v) is 4.07. The van der Waals surface area contributed by atoms with Crippen LogP contribution >= 0.6 is 11.8 Å². The molecule has 1 fully saturated rings. The number of nitrogens with zero attached hydrogens (tertiary/aromatic N) is 1. The lowest BCUT2D eigenvalue weighted by molar-refractivity contribution is 0.0836. The maximum absolute atomic E-state index is 11.4. The van der Waals surface area contributed by atoms with E-state index in [2.05, 4.69) is 22.2 Å². The smallest absolute Gasteiger partial charge is 0.251 e. The fraction of sp³-hybridized carbons (Fsp3) is 0.667. The summed E-state index contributed by atoms with van der Waals surface area (Å²) < 4.78 is 5.51. The highest BCUT2D eigenvalue weighted by Crippen LogP contribution is 2.26. The molecule has 2 unspecified atom stereocenters. The van der Waals surface area contributed by atoms with E-state index in [1.807, 2.05) is 6.92 Å². The fourth-order valence-electron chi connectivity index (χ4n) is 2.07. The van der Waals surface area contributed by atoms with Crippen molar-refractivity contribution in [3.05, 3.63) is 22.1 Å². The van der Waals surface area contributed by atoms with Gasteiger partial charge >= 0.3 is 0 Å². The summed E-state index contributed by atoms with van der Waals surface area (Å²) in [4.78, 5) is 18.5. The monoisotopic (exact) mass is 269 g/mol. The number of aryl methyl sites for hydroxylation is 1. The Hall–Kier alpha value is -0.850. The van der Waals surface area contributed by atoms with Crippen molar-refractivity contribution in [2.45, 2.75) is 36.7 Å². The van der Waals surface area contributed by atoms with Gasteiger partial charge < -0.3 is 15.0 Å². The van der Waals surface area contributed by atoms with Crippen LogP contribution in [0.1, 0.15) is 19.0 Å². The van der Waals surface area contributed by atoms with Crippen LogP contribution in [0.25, 0.3) is 0 Å². The molecule has 5 nitrogen and oxygen atoms in total. The summed E-state index contributed by atoms with van der Waals surface area (Å²) in [5.41, 5.74) is 0.653. The van der Waals surface area contributed by atoms with Crippen LogP contribution < -0.4 is 10.9 Å². The van der Waals surface area contributed by atoms with Crippen LogP contribution in [0.4, 0.5) is 0 Å². The SMILES string of the molecule is CCNC1CCOCC1Sc1nc(C)cc(=O)[nH]1. The van der Waals surface area contributed by atoms with Crippen LogP contribution in [-0.4, -0.2) is 41.0 Å². The van der Waals surface area contributed by atoms with Gasteiger partial charge in [0.05, 0.1) is 11.9 Å². The Morgan fingerprint density at radius 3 is 3.22 bits per heavy atom. The van der Waals surface area contributed by atoms with Crippen molar-refractivity contribution in [1.82, 2.24) is 15.3 Å². The van der Waals surface area contributed by atoms with Crippen molar-refractivity contribution in [2.24, 2.45) is 0 Å². The zero-order chi connectivity index (χ0) is 13.0. The molecular formula is C12H19N3O2S. The number of thioether (sulfide) groups is 1. The highest BCUT2D eigenvalue weighted by molar-refractivity contribution is 7.99. The Morgan fingerprint density at radius 1 is 1.67 bits per heavy atom. The van der Waals surface area contributed by atoms with Crippen LogP contribution in [0.15, 0.2) is 16.0 Å². The Labute approximate surface area is 111 Å². The highest BCUT2D eigenvalue weighted by Gasteiger charge is 2.26. The molecule has 2 rings (SSSR count). The van der Waals surface area contributed by atoms with Crippen LogP contribution in [0.3, 0.4) is 0 Å². The molecule has 1 aliphatic rings. The van der Waals surface area contributed by atoms with Crippen molar-refractivity contribution in [2.75, 3.05) is 19.8 Å². The van der Waals surface area contributed by atoms with Gasteiger partial charge in [-0.3, -0.25) is 4.79 Å². The van der Waals surface area contributed by atoms with Crippen molar-refractivity contribution in [3.8, 4) is 0 Å². The number of nitrogens with one attached hydrogen (secondary N) is 2. The topological polar surface area (TPSA) is 67.0 Å². The van der Waals surface area contributed by atoms with Crippen molar-refractivity contribution < 1.29 is 4.74 Å². The first kappa shape index (κ1) is 13.6. The fourth-order valence-corrected chi connectivity index (χ4v) is 3.28. The van der Waals surface area contributed by atoms with Crippen LogP contribution in [0.2, 0.25) is 0 Å². The molecule has 0 aliphatic carbocycles. The van der Waals surface area contributed by atoms with Crippen LogP contribution in [-0.2, 0) is 4.74 Å². The minimum atomic E-state index is -0.0956. The lowest BCUT2D eigenvalue weighted by Gasteiger charge is -2.31. The maximum atomic E-state index is 11.4. The molecule has 1 aromatic heterocycles. The van der Waals surface area contributed by atoms with E-state index in [-0.39, 0.29) is 5.56 Å². The summed E-state index contributed by atoms with van der Waals surface area (Å²) in [6, 6.07) is 1.92. The normalized spacial score (nSPS) is 24.1. The Kier molecular flexibility index (Phi) is 4.79. The summed E-state index contributed by atoms with van der Waals surface area (Å²) in [6.45, 7) is 6.37. The Morgan fingerprint density at radius 2 is 2.50 bits per heavy atom. The molecule has 0 radical (unpaired) electrons. The number of H-pyrrole nitrogens is 1. The summed E-state index contributed by atoms with van der Waals surface area (Å²) >= 11 is 1.59. The number of hydrogen-bond acceptors (Lipinski definition) is 5. The van der Waals surface area contributed by atoms with E-state index >= 15 is 0 Å². The van der Waals surface area contributed by atoms with Crippen molar-refractivity contribution in [1.29, 1.82) is 0 Å². The van der Waals surface area contributed by atoms with E-state index < -0.39 is 0 Å². The van der Waals surface area contributed by atoms with Gasteiger partial charge in [0.2, 0.25) is 0 Å². The molecule has 1 saturated heterocycles. The Bertz CT molecular complexity index is 447. The summed E-state index contributed by atoms with van der Waals surface area (Å²) in [5.74, 6) is 0. The van der Waals surface area contributed by atoms with Gasteiger partial charge in [0, 0.05) is 24.4 Å². The predicted octanol–water partition coefficient (Wildman–Crippen LogP) is 0.937. The van der Waals surface area contributed by atoms with E-state index in [1.165, 1.54) is 6.07 Å². The number of aromatic amines is 1. The maximum Gasteiger partial charge on any atom is 0.251 e. The summed E-state index contributed by atoms with van der Waals surface area (Å²) in [6.07, 6.45) is 1.00. The van der Waals surface area contributed by atoms with Gasteiger partial charge in [-0.15, -0.1) is 0 Å². The number of aromatic nitrogens is 2. The average Bonchev–Trinajstić information content (AvgIpc) is 2.30. The van der Waals surface area contributed by atoms with Gasteiger partial charge in [-0.25, -0.2) is 4.98 Å². The Balaban J connectivity index is 2.08. The first-order chi connectivity index (χ1) is 8.69. The van der Waals surface area contributed by atoms with E-state index in [0.717, 1.165) is 25.3 Å². The molecule has 100 valence electrons. The lowest BCUT2D eigenvalue weighted by atomic mass is 10.1. The zero-order valence-corrected chi connectivity index (χ0v) is 11.5. The van der Waals surface area contributed by atoms with Gasteiger partial charge in [-0.05, 0) is 19.9 Å². The van der Waals surface area contributed by atoms with Crippen LogP contribution in [0, 0.1) is 6.92 Å². The zero-order valence-electron chi connectivity index (χ0n) is 10.7. The lowest BCUT2D eigenvalue weighted by Crippen LogP contribution is -2.44. The van der Waals surface area contributed by atoms with Crippen molar-refractivity contribution in [3.63, 3.8) is 0 Å².